The van der Waals surface area contributed by atoms with Crippen LogP contribution in [0.1, 0.15) is 40.1 Å². The van der Waals surface area contributed by atoms with Gasteiger partial charge in [-0.1, -0.05) is 0 Å². The Kier molecular flexibility index (Phi) is 3.73. The summed E-state index contributed by atoms with van der Waals surface area (Å²) in [6, 6.07) is 1.72. The number of aromatic nitrogens is 3. The summed E-state index contributed by atoms with van der Waals surface area (Å²) in [5.74, 6) is 0.544. The van der Waals surface area contributed by atoms with Crippen molar-refractivity contribution in [3.05, 3.63) is 40.4 Å². The molecule has 0 spiro atoms. The van der Waals surface area contributed by atoms with Gasteiger partial charge in [-0.05, 0) is 25.8 Å². The van der Waals surface area contributed by atoms with Gasteiger partial charge in [-0.15, -0.1) is 11.3 Å². The highest BCUT2D eigenvalue weighted by Crippen LogP contribution is 2.29. The summed E-state index contributed by atoms with van der Waals surface area (Å²) < 4.78 is 0. The molecule has 2 aromatic heterocycles. The Labute approximate surface area is 121 Å². The molecule has 0 unspecified atom stereocenters. The zero-order valence-electron chi connectivity index (χ0n) is 11.3. The zero-order chi connectivity index (χ0) is 13.9. The number of amides is 1. The number of carbonyl (C=O) groups excluding carboxylic acids is 1. The number of rotatable bonds is 2. The molecule has 0 aromatic carbocycles. The minimum absolute atomic E-state index is 0.0800. The van der Waals surface area contributed by atoms with Crippen molar-refractivity contribution in [3.8, 4) is 0 Å². The number of hydrogen-bond donors (Lipinski definition) is 0. The third-order valence-electron chi connectivity index (χ3n) is 3.45. The fraction of sp³-hybridized carbons (Fsp3) is 0.429. The predicted octanol–water partition coefficient (Wildman–Crippen LogP) is 2.26. The lowest BCUT2D eigenvalue weighted by molar-refractivity contribution is 0.0694. The largest absolute Gasteiger partial charge is 0.335 e. The first kappa shape index (κ1) is 13.2. The second-order valence-electron chi connectivity index (χ2n) is 4.99. The molecule has 1 aliphatic rings. The molecule has 1 fully saturated rings. The molecule has 1 saturated heterocycles. The average Bonchev–Trinajstić information content (AvgIpc) is 2.94. The van der Waals surface area contributed by atoms with Gasteiger partial charge < -0.3 is 4.90 Å². The van der Waals surface area contributed by atoms with Gasteiger partial charge in [-0.3, -0.25) is 4.79 Å². The lowest BCUT2D eigenvalue weighted by atomic mass is 9.98. The van der Waals surface area contributed by atoms with Gasteiger partial charge in [0.05, 0.1) is 5.01 Å². The van der Waals surface area contributed by atoms with Gasteiger partial charge in [0.15, 0.2) is 0 Å². The maximum absolute atomic E-state index is 12.4. The van der Waals surface area contributed by atoms with E-state index in [0.29, 0.717) is 12.5 Å². The Morgan fingerprint density at radius 1 is 1.40 bits per heavy atom. The molecule has 0 N–H and O–H groups in total. The summed E-state index contributed by atoms with van der Waals surface area (Å²) in [6.07, 6.45) is 5.30. The van der Waals surface area contributed by atoms with E-state index >= 15 is 0 Å². The van der Waals surface area contributed by atoms with Crippen molar-refractivity contribution in [2.75, 3.05) is 13.1 Å². The third-order valence-corrected chi connectivity index (χ3v) is 4.58. The van der Waals surface area contributed by atoms with E-state index in [-0.39, 0.29) is 11.7 Å². The van der Waals surface area contributed by atoms with Crippen LogP contribution in [0, 0.1) is 6.92 Å². The van der Waals surface area contributed by atoms with Gasteiger partial charge in [0.1, 0.15) is 0 Å². The van der Waals surface area contributed by atoms with Crippen molar-refractivity contribution in [1.82, 2.24) is 19.9 Å². The summed E-state index contributed by atoms with van der Waals surface area (Å²) in [4.78, 5) is 26.8. The molecule has 0 saturated carbocycles. The van der Waals surface area contributed by atoms with Crippen LogP contribution < -0.4 is 0 Å². The van der Waals surface area contributed by atoms with Gasteiger partial charge in [0.25, 0.3) is 5.91 Å². The maximum Gasteiger partial charge on any atom is 0.291 e. The lowest BCUT2D eigenvalue weighted by Gasteiger charge is -2.31. The molecule has 2 aromatic rings. The van der Waals surface area contributed by atoms with E-state index in [2.05, 4.69) is 20.3 Å². The van der Waals surface area contributed by atoms with Gasteiger partial charge in [0.2, 0.25) is 5.82 Å². The Balaban J connectivity index is 1.74. The first-order chi connectivity index (χ1) is 9.74. The monoisotopic (exact) mass is 288 g/mol. The number of aryl methyl sites for hydroxylation is 1. The van der Waals surface area contributed by atoms with Crippen LogP contribution in [0.25, 0.3) is 0 Å². The van der Waals surface area contributed by atoms with E-state index in [4.69, 9.17) is 0 Å². The second kappa shape index (κ2) is 5.66. The van der Waals surface area contributed by atoms with E-state index in [1.165, 1.54) is 0 Å². The minimum atomic E-state index is -0.0800. The molecule has 104 valence electrons. The first-order valence-corrected chi connectivity index (χ1v) is 7.60. The molecule has 6 heteroatoms. The Bertz CT molecular complexity index is 598. The molecule has 0 bridgehead atoms. The SMILES string of the molecule is Cc1csc([C@H]2CCCN(C(=O)c3ncccn3)C2)n1. The van der Waals surface area contributed by atoms with Crippen LogP contribution in [-0.2, 0) is 0 Å². The minimum Gasteiger partial charge on any atom is -0.335 e. The van der Waals surface area contributed by atoms with Crippen molar-refractivity contribution in [1.29, 1.82) is 0 Å². The molecule has 1 aliphatic heterocycles. The van der Waals surface area contributed by atoms with Gasteiger partial charge >= 0.3 is 0 Å². The Morgan fingerprint density at radius 2 is 2.20 bits per heavy atom. The van der Waals surface area contributed by atoms with E-state index in [0.717, 1.165) is 30.1 Å². The number of piperidine rings is 1. The van der Waals surface area contributed by atoms with Crippen LogP contribution in [-0.4, -0.2) is 38.8 Å². The van der Waals surface area contributed by atoms with E-state index < -0.39 is 0 Å². The van der Waals surface area contributed by atoms with E-state index in [1.54, 1.807) is 29.8 Å². The summed E-state index contributed by atoms with van der Waals surface area (Å²) in [5.41, 5.74) is 1.06. The highest BCUT2D eigenvalue weighted by molar-refractivity contribution is 7.09. The van der Waals surface area contributed by atoms with Gasteiger partial charge in [-0.25, -0.2) is 15.0 Å². The molecular weight excluding hydrogens is 272 g/mol. The summed E-state index contributed by atoms with van der Waals surface area (Å²) in [6.45, 7) is 3.49. The molecule has 1 amide bonds. The smallest absolute Gasteiger partial charge is 0.291 e. The van der Waals surface area contributed by atoms with Crippen molar-refractivity contribution < 1.29 is 4.79 Å². The summed E-state index contributed by atoms with van der Waals surface area (Å²) >= 11 is 1.69. The van der Waals surface area contributed by atoms with E-state index in [1.807, 2.05) is 11.8 Å². The molecule has 3 rings (SSSR count). The number of carbonyl (C=O) groups is 1. The quantitative estimate of drug-likeness (QED) is 0.850. The number of nitrogens with zero attached hydrogens (tertiary/aromatic N) is 4. The average molecular weight is 288 g/mol. The Hall–Kier alpha value is -1.82. The zero-order valence-corrected chi connectivity index (χ0v) is 12.1. The summed E-state index contributed by atoms with van der Waals surface area (Å²) in [7, 11) is 0. The number of likely N-dealkylation sites (tertiary alicyclic amines) is 1. The second-order valence-corrected chi connectivity index (χ2v) is 5.88. The molecule has 20 heavy (non-hydrogen) atoms. The molecule has 0 aliphatic carbocycles. The maximum atomic E-state index is 12.4. The number of thiazole rings is 1. The van der Waals surface area contributed by atoms with Gasteiger partial charge in [0, 0.05) is 42.5 Å². The van der Waals surface area contributed by atoms with Crippen molar-refractivity contribution >= 4 is 17.2 Å². The summed E-state index contributed by atoms with van der Waals surface area (Å²) in [5, 5.41) is 3.20. The highest BCUT2D eigenvalue weighted by atomic mass is 32.1. The lowest BCUT2D eigenvalue weighted by Crippen LogP contribution is -2.39. The van der Waals surface area contributed by atoms with Crippen LogP contribution in [0.3, 0.4) is 0 Å². The van der Waals surface area contributed by atoms with Crippen LogP contribution in [0.4, 0.5) is 0 Å². The van der Waals surface area contributed by atoms with Crippen molar-refractivity contribution in [3.63, 3.8) is 0 Å². The van der Waals surface area contributed by atoms with E-state index in [9.17, 15) is 4.79 Å². The fourth-order valence-electron chi connectivity index (χ4n) is 2.47. The molecule has 3 heterocycles. The number of hydrogen-bond acceptors (Lipinski definition) is 5. The molecular formula is C14H16N4OS. The molecule has 1 atom stereocenters. The van der Waals surface area contributed by atoms with Crippen LogP contribution in [0.2, 0.25) is 0 Å². The standard InChI is InChI=1S/C14H16N4OS/c1-10-9-20-13(17-10)11-4-2-7-18(8-11)14(19)12-15-5-3-6-16-12/h3,5-6,9,11H,2,4,7-8H2,1H3/t11-/m0/s1. The third kappa shape index (κ3) is 2.70. The molecule has 5 nitrogen and oxygen atoms in total. The first-order valence-electron chi connectivity index (χ1n) is 6.72. The topological polar surface area (TPSA) is 59.0 Å². The van der Waals surface area contributed by atoms with Crippen LogP contribution in [0.5, 0.6) is 0 Å². The van der Waals surface area contributed by atoms with Crippen molar-refractivity contribution in [2.24, 2.45) is 0 Å². The highest BCUT2D eigenvalue weighted by Gasteiger charge is 2.28. The molecule has 0 radical (unpaired) electrons. The Morgan fingerprint density at radius 3 is 2.90 bits per heavy atom. The van der Waals surface area contributed by atoms with Crippen LogP contribution >= 0.6 is 11.3 Å². The van der Waals surface area contributed by atoms with Crippen molar-refractivity contribution in [2.45, 2.75) is 25.7 Å². The normalized spacial score (nSPS) is 19.1. The predicted molar refractivity (Wildman–Crippen MR) is 76.8 cm³/mol. The fourth-order valence-corrected chi connectivity index (χ4v) is 3.40. The van der Waals surface area contributed by atoms with Gasteiger partial charge in [-0.2, -0.15) is 0 Å². The van der Waals surface area contributed by atoms with Crippen LogP contribution in [0.15, 0.2) is 23.8 Å².